The molecule has 0 aromatic heterocycles. The Balaban J connectivity index is 1.62. The second kappa shape index (κ2) is 6.48. The highest BCUT2D eigenvalue weighted by atomic mass is 16.7. The van der Waals surface area contributed by atoms with Crippen LogP contribution in [0.4, 0.5) is 0 Å². The molecule has 2 fully saturated rings. The lowest BCUT2D eigenvalue weighted by Gasteiger charge is -2.43. The molecule has 142 valence electrons. The van der Waals surface area contributed by atoms with Gasteiger partial charge >= 0.3 is 0 Å². The van der Waals surface area contributed by atoms with Crippen LogP contribution in [0, 0.1) is 22.7 Å². The third kappa shape index (κ3) is 2.68. The van der Waals surface area contributed by atoms with Crippen molar-refractivity contribution < 1.29 is 14.6 Å². The van der Waals surface area contributed by atoms with Crippen molar-refractivity contribution in [2.45, 2.75) is 83.0 Å². The fraction of sp³-hybridized carbons (Fsp3) is 0.773. The van der Waals surface area contributed by atoms with Crippen LogP contribution in [0.25, 0.3) is 0 Å². The molecule has 4 aliphatic rings. The van der Waals surface area contributed by atoms with Gasteiger partial charge in [0, 0.05) is 18.3 Å². The molecule has 1 unspecified atom stereocenters. The van der Waals surface area contributed by atoms with Gasteiger partial charge in [0.25, 0.3) is 0 Å². The first-order chi connectivity index (χ1) is 12.5. The SMILES string of the molecule is CCCC1=C(C2=CC[C@@]3(C)C(CC[C@]3(O)C#N)C2)CCC2(C1)OCCO2. The number of hydrogen-bond donors (Lipinski definition) is 1. The van der Waals surface area contributed by atoms with E-state index in [-0.39, 0.29) is 11.2 Å². The number of aliphatic hydroxyl groups is 1. The third-order valence-electron chi connectivity index (χ3n) is 7.54. The summed E-state index contributed by atoms with van der Waals surface area (Å²) in [5, 5.41) is 20.3. The summed E-state index contributed by atoms with van der Waals surface area (Å²) in [6, 6.07) is 2.22. The van der Waals surface area contributed by atoms with Gasteiger partial charge in [-0.15, -0.1) is 0 Å². The van der Waals surface area contributed by atoms with Crippen LogP contribution in [0.5, 0.6) is 0 Å². The summed E-state index contributed by atoms with van der Waals surface area (Å²) < 4.78 is 12.0. The van der Waals surface area contributed by atoms with Crippen LogP contribution >= 0.6 is 0 Å². The standard InChI is InChI=1S/C22H31NO3/c1-3-4-17-14-22(25-11-12-26-22)10-7-19(17)16-5-8-20(2)18(13-16)6-9-21(20,24)15-23/h5,18,24H,3-4,6-14H2,1-2H3/t18?,20-,21-/m0/s1. The minimum Gasteiger partial charge on any atom is -0.375 e. The summed E-state index contributed by atoms with van der Waals surface area (Å²) in [4.78, 5) is 0. The highest BCUT2D eigenvalue weighted by Crippen LogP contribution is 2.58. The Kier molecular flexibility index (Phi) is 4.54. The third-order valence-corrected chi connectivity index (χ3v) is 7.54. The number of hydrogen-bond acceptors (Lipinski definition) is 4. The summed E-state index contributed by atoms with van der Waals surface area (Å²) in [7, 11) is 0. The van der Waals surface area contributed by atoms with Crippen LogP contribution < -0.4 is 0 Å². The van der Waals surface area contributed by atoms with Crippen LogP contribution in [-0.2, 0) is 9.47 Å². The highest BCUT2D eigenvalue weighted by Gasteiger charge is 2.57. The van der Waals surface area contributed by atoms with E-state index in [1.54, 1.807) is 0 Å². The van der Waals surface area contributed by atoms with Gasteiger partial charge in [0.15, 0.2) is 11.4 Å². The van der Waals surface area contributed by atoms with Crippen molar-refractivity contribution in [3.63, 3.8) is 0 Å². The molecule has 0 aromatic rings. The summed E-state index contributed by atoms with van der Waals surface area (Å²) in [5.41, 5.74) is 3.02. The average Bonchev–Trinajstić information content (AvgIpc) is 3.19. The summed E-state index contributed by atoms with van der Waals surface area (Å²) in [5.74, 6) is 0.0315. The van der Waals surface area contributed by atoms with Gasteiger partial charge in [-0.1, -0.05) is 31.9 Å². The quantitative estimate of drug-likeness (QED) is 0.760. The molecule has 1 aliphatic heterocycles. The first kappa shape index (κ1) is 18.2. The molecule has 4 nitrogen and oxygen atoms in total. The van der Waals surface area contributed by atoms with Crippen molar-refractivity contribution in [2.24, 2.45) is 11.3 Å². The monoisotopic (exact) mass is 357 g/mol. The molecule has 26 heavy (non-hydrogen) atoms. The average molecular weight is 357 g/mol. The Morgan fingerprint density at radius 1 is 1.31 bits per heavy atom. The molecule has 1 N–H and O–H groups in total. The lowest BCUT2D eigenvalue weighted by molar-refractivity contribution is -0.163. The Morgan fingerprint density at radius 3 is 2.77 bits per heavy atom. The molecule has 0 aromatic carbocycles. The molecule has 1 spiro atoms. The van der Waals surface area contributed by atoms with Crippen molar-refractivity contribution in [1.29, 1.82) is 5.26 Å². The van der Waals surface area contributed by atoms with Crippen LogP contribution in [-0.4, -0.2) is 29.7 Å². The second-order valence-electron chi connectivity index (χ2n) is 8.88. The lowest BCUT2D eigenvalue weighted by Crippen LogP contribution is -2.45. The van der Waals surface area contributed by atoms with Gasteiger partial charge in [-0.2, -0.15) is 5.26 Å². The Labute approximate surface area is 156 Å². The van der Waals surface area contributed by atoms with Gasteiger partial charge in [0.2, 0.25) is 0 Å². The van der Waals surface area contributed by atoms with Crippen LogP contribution in [0.3, 0.4) is 0 Å². The fourth-order valence-corrected chi connectivity index (χ4v) is 5.79. The number of nitrogens with zero attached hydrogens (tertiary/aromatic N) is 1. The molecule has 1 saturated carbocycles. The van der Waals surface area contributed by atoms with Gasteiger partial charge in [0.05, 0.1) is 19.3 Å². The lowest BCUT2D eigenvalue weighted by atomic mass is 9.63. The summed E-state index contributed by atoms with van der Waals surface area (Å²) in [6.07, 6.45) is 10.8. The van der Waals surface area contributed by atoms with E-state index in [9.17, 15) is 10.4 Å². The van der Waals surface area contributed by atoms with Crippen LogP contribution in [0.1, 0.15) is 71.6 Å². The molecule has 1 saturated heterocycles. The van der Waals surface area contributed by atoms with E-state index < -0.39 is 5.60 Å². The zero-order valence-corrected chi connectivity index (χ0v) is 16.1. The molecule has 0 bridgehead atoms. The summed E-state index contributed by atoms with van der Waals surface area (Å²) >= 11 is 0. The number of rotatable bonds is 3. The Bertz CT molecular complexity index is 682. The van der Waals surface area contributed by atoms with Crippen LogP contribution in [0.2, 0.25) is 0 Å². The van der Waals surface area contributed by atoms with Gasteiger partial charge in [0.1, 0.15) is 0 Å². The topological polar surface area (TPSA) is 62.5 Å². The number of fused-ring (bicyclic) bond motifs is 1. The number of allylic oxidation sites excluding steroid dienone is 3. The maximum absolute atomic E-state index is 10.8. The predicted molar refractivity (Wildman–Crippen MR) is 99.1 cm³/mol. The predicted octanol–water partition coefficient (Wildman–Crippen LogP) is 4.40. The van der Waals surface area contributed by atoms with E-state index in [4.69, 9.17) is 9.47 Å². The molecule has 3 atom stereocenters. The number of nitriles is 1. The molecular weight excluding hydrogens is 326 g/mol. The van der Waals surface area contributed by atoms with E-state index in [0.29, 0.717) is 25.6 Å². The van der Waals surface area contributed by atoms with Crippen molar-refractivity contribution in [3.05, 3.63) is 22.8 Å². The van der Waals surface area contributed by atoms with Gasteiger partial charge in [-0.3, -0.25) is 0 Å². The zero-order chi connectivity index (χ0) is 18.4. The molecule has 1 heterocycles. The number of ether oxygens (including phenoxy) is 2. The minimum absolute atomic E-state index is 0.301. The second-order valence-corrected chi connectivity index (χ2v) is 8.88. The molecule has 0 radical (unpaired) electrons. The first-order valence-corrected chi connectivity index (χ1v) is 10.3. The van der Waals surface area contributed by atoms with Gasteiger partial charge in [-0.05, 0) is 55.6 Å². The maximum Gasteiger partial charge on any atom is 0.172 e. The van der Waals surface area contributed by atoms with Gasteiger partial charge < -0.3 is 14.6 Å². The molecule has 0 amide bonds. The molecule has 4 heteroatoms. The van der Waals surface area contributed by atoms with E-state index in [2.05, 4.69) is 26.0 Å². The van der Waals surface area contributed by atoms with Crippen molar-refractivity contribution in [2.75, 3.05) is 13.2 Å². The Hall–Kier alpha value is -1.15. The van der Waals surface area contributed by atoms with E-state index in [1.165, 1.54) is 16.7 Å². The van der Waals surface area contributed by atoms with E-state index >= 15 is 0 Å². The van der Waals surface area contributed by atoms with Crippen LogP contribution in [0.15, 0.2) is 22.8 Å². The van der Waals surface area contributed by atoms with Crippen molar-refractivity contribution >= 4 is 0 Å². The fourth-order valence-electron chi connectivity index (χ4n) is 5.79. The largest absolute Gasteiger partial charge is 0.375 e. The maximum atomic E-state index is 10.8. The molecular formula is C22H31NO3. The van der Waals surface area contributed by atoms with Crippen molar-refractivity contribution in [3.8, 4) is 6.07 Å². The molecule has 4 rings (SSSR count). The van der Waals surface area contributed by atoms with Gasteiger partial charge in [-0.25, -0.2) is 0 Å². The molecule has 3 aliphatic carbocycles. The van der Waals surface area contributed by atoms with E-state index in [0.717, 1.165) is 51.4 Å². The highest BCUT2D eigenvalue weighted by molar-refractivity contribution is 5.41. The summed E-state index contributed by atoms with van der Waals surface area (Å²) in [6.45, 7) is 5.77. The normalized spacial score (nSPS) is 39.0. The smallest absolute Gasteiger partial charge is 0.172 e. The van der Waals surface area contributed by atoms with E-state index in [1.807, 2.05) is 0 Å². The minimum atomic E-state index is -1.16. The Morgan fingerprint density at radius 2 is 2.08 bits per heavy atom. The zero-order valence-electron chi connectivity index (χ0n) is 16.1. The van der Waals surface area contributed by atoms with Crippen molar-refractivity contribution in [1.82, 2.24) is 0 Å². The first-order valence-electron chi connectivity index (χ1n) is 10.3.